The van der Waals surface area contributed by atoms with Gasteiger partial charge in [0.2, 0.25) is 0 Å². The van der Waals surface area contributed by atoms with Gasteiger partial charge in [-0.05, 0) is 61.2 Å². The number of aromatic nitrogens is 1. The fourth-order valence-electron chi connectivity index (χ4n) is 3.63. The van der Waals surface area contributed by atoms with E-state index in [0.717, 1.165) is 41.3 Å². The number of rotatable bonds is 5. The van der Waals surface area contributed by atoms with Crippen molar-refractivity contribution in [2.24, 2.45) is 5.92 Å². The molecule has 1 saturated heterocycles. The van der Waals surface area contributed by atoms with Crippen molar-refractivity contribution >= 4 is 38.7 Å². The van der Waals surface area contributed by atoms with Gasteiger partial charge in [0, 0.05) is 6.54 Å². The molecule has 1 fully saturated rings. The third-order valence-corrected chi connectivity index (χ3v) is 6.37. The van der Waals surface area contributed by atoms with E-state index >= 15 is 0 Å². The molecule has 4 rings (SSSR count). The van der Waals surface area contributed by atoms with Crippen molar-refractivity contribution in [2.75, 3.05) is 18.4 Å². The van der Waals surface area contributed by atoms with E-state index in [9.17, 15) is 10.1 Å². The Labute approximate surface area is 180 Å². The maximum Gasteiger partial charge on any atom is 0.268 e. The molecule has 1 amide bonds. The lowest BCUT2D eigenvalue weighted by molar-refractivity contribution is -0.112. The first-order valence-electron chi connectivity index (χ1n) is 10.2. The third kappa shape index (κ3) is 4.93. The Hall–Kier alpha value is -3.01. The second-order valence-electron chi connectivity index (χ2n) is 7.81. The lowest BCUT2D eigenvalue weighted by atomic mass is 9.99. The van der Waals surface area contributed by atoms with Gasteiger partial charge in [-0.1, -0.05) is 54.7 Å². The standard InChI is InChI=1S/C24H24N4OS/c1-17-9-11-28(12-10-17)16-19-7-8-21-22(14-19)30-24(26-21)27-23(29)20(15-25)13-18-5-3-2-4-6-18/h2-8,13-14,17H,9-12,16H2,1H3,(H,26,27,29)/b20-13+. The van der Waals surface area contributed by atoms with Gasteiger partial charge < -0.3 is 0 Å². The summed E-state index contributed by atoms with van der Waals surface area (Å²) in [7, 11) is 0. The molecule has 0 spiro atoms. The summed E-state index contributed by atoms with van der Waals surface area (Å²) in [6.07, 6.45) is 4.10. The van der Waals surface area contributed by atoms with Crippen LogP contribution in [0.25, 0.3) is 16.3 Å². The fourth-order valence-corrected chi connectivity index (χ4v) is 4.55. The molecule has 1 aliphatic rings. The Morgan fingerprint density at radius 2 is 2.03 bits per heavy atom. The molecular weight excluding hydrogens is 392 g/mol. The molecule has 6 heteroatoms. The number of hydrogen-bond donors (Lipinski definition) is 1. The van der Waals surface area contributed by atoms with Crippen LogP contribution in [-0.2, 0) is 11.3 Å². The number of nitriles is 1. The maximum atomic E-state index is 12.5. The zero-order chi connectivity index (χ0) is 20.9. The highest BCUT2D eigenvalue weighted by Gasteiger charge is 2.17. The molecule has 1 N–H and O–H groups in total. The van der Waals surface area contributed by atoms with Crippen molar-refractivity contribution in [3.63, 3.8) is 0 Å². The fraction of sp³-hybridized carbons (Fsp3) is 0.292. The smallest absolute Gasteiger partial charge is 0.268 e. The summed E-state index contributed by atoms with van der Waals surface area (Å²) < 4.78 is 1.04. The highest BCUT2D eigenvalue weighted by atomic mass is 32.1. The second kappa shape index (κ2) is 9.21. The van der Waals surface area contributed by atoms with Crippen molar-refractivity contribution in [2.45, 2.75) is 26.3 Å². The van der Waals surface area contributed by atoms with Crippen LogP contribution in [-0.4, -0.2) is 28.9 Å². The zero-order valence-corrected chi connectivity index (χ0v) is 17.8. The summed E-state index contributed by atoms with van der Waals surface area (Å²) in [5, 5.41) is 12.7. The largest absolute Gasteiger partial charge is 0.299 e. The van der Waals surface area contributed by atoms with E-state index in [1.54, 1.807) is 6.08 Å². The van der Waals surface area contributed by atoms with Gasteiger partial charge in [0.15, 0.2) is 5.13 Å². The predicted octanol–water partition coefficient (Wildman–Crippen LogP) is 5.07. The van der Waals surface area contributed by atoms with Gasteiger partial charge in [-0.15, -0.1) is 0 Å². The molecule has 0 atom stereocenters. The number of benzene rings is 2. The third-order valence-electron chi connectivity index (χ3n) is 5.43. The van der Waals surface area contributed by atoms with Crippen LogP contribution in [0.5, 0.6) is 0 Å². The Morgan fingerprint density at radius 1 is 1.27 bits per heavy atom. The summed E-state index contributed by atoms with van der Waals surface area (Å²) in [5.41, 5.74) is 2.99. The molecule has 1 aromatic heterocycles. The van der Waals surface area contributed by atoms with Crippen molar-refractivity contribution in [1.82, 2.24) is 9.88 Å². The summed E-state index contributed by atoms with van der Waals surface area (Å²) >= 11 is 1.44. The molecule has 0 aliphatic carbocycles. The molecule has 0 unspecified atom stereocenters. The number of piperidine rings is 1. The van der Waals surface area contributed by atoms with E-state index in [2.05, 4.69) is 34.3 Å². The van der Waals surface area contributed by atoms with E-state index in [1.807, 2.05) is 42.5 Å². The van der Waals surface area contributed by atoms with Crippen molar-refractivity contribution in [3.05, 3.63) is 65.2 Å². The van der Waals surface area contributed by atoms with Gasteiger partial charge in [0.25, 0.3) is 5.91 Å². The second-order valence-corrected chi connectivity index (χ2v) is 8.85. The van der Waals surface area contributed by atoms with E-state index in [-0.39, 0.29) is 5.57 Å². The highest BCUT2D eigenvalue weighted by Crippen LogP contribution is 2.28. The number of likely N-dealkylation sites (tertiary alicyclic amines) is 1. The normalized spacial score (nSPS) is 15.8. The number of nitrogens with one attached hydrogen (secondary N) is 1. The van der Waals surface area contributed by atoms with E-state index in [1.165, 1.54) is 29.7 Å². The van der Waals surface area contributed by atoms with Gasteiger partial charge >= 0.3 is 0 Å². The number of carbonyl (C=O) groups is 1. The predicted molar refractivity (Wildman–Crippen MR) is 122 cm³/mol. The minimum absolute atomic E-state index is 0.0560. The van der Waals surface area contributed by atoms with Gasteiger partial charge in [-0.3, -0.25) is 15.0 Å². The van der Waals surface area contributed by atoms with E-state index in [0.29, 0.717) is 5.13 Å². The number of nitrogens with zero attached hydrogens (tertiary/aromatic N) is 3. The van der Waals surface area contributed by atoms with Gasteiger partial charge in [-0.2, -0.15) is 5.26 Å². The number of thiazole rings is 1. The average Bonchev–Trinajstić information content (AvgIpc) is 3.15. The number of carbonyl (C=O) groups excluding carboxylic acids is 1. The maximum absolute atomic E-state index is 12.5. The molecule has 5 nitrogen and oxygen atoms in total. The molecule has 2 aromatic carbocycles. The first-order valence-corrected chi connectivity index (χ1v) is 11.0. The van der Waals surface area contributed by atoms with E-state index < -0.39 is 5.91 Å². The van der Waals surface area contributed by atoms with Crippen LogP contribution in [0.4, 0.5) is 5.13 Å². The number of hydrogen-bond acceptors (Lipinski definition) is 5. The Bertz CT molecular complexity index is 1110. The molecule has 152 valence electrons. The number of amides is 1. The first-order chi connectivity index (χ1) is 14.6. The topological polar surface area (TPSA) is 69.0 Å². The molecule has 0 bridgehead atoms. The van der Waals surface area contributed by atoms with Crippen LogP contribution >= 0.6 is 11.3 Å². The molecule has 3 aromatic rings. The van der Waals surface area contributed by atoms with Gasteiger partial charge in [0.1, 0.15) is 11.6 Å². The lowest BCUT2D eigenvalue weighted by Gasteiger charge is -2.30. The van der Waals surface area contributed by atoms with Crippen molar-refractivity contribution < 1.29 is 4.79 Å². The zero-order valence-electron chi connectivity index (χ0n) is 17.0. The Balaban J connectivity index is 1.46. The van der Waals surface area contributed by atoms with Crippen molar-refractivity contribution in [1.29, 1.82) is 5.26 Å². The van der Waals surface area contributed by atoms with Gasteiger partial charge in [-0.25, -0.2) is 4.98 Å². The monoisotopic (exact) mass is 416 g/mol. The average molecular weight is 417 g/mol. The lowest BCUT2D eigenvalue weighted by Crippen LogP contribution is -2.32. The highest BCUT2D eigenvalue weighted by molar-refractivity contribution is 7.22. The Morgan fingerprint density at radius 3 is 2.77 bits per heavy atom. The number of anilines is 1. The van der Waals surface area contributed by atoms with Crippen LogP contribution in [0.3, 0.4) is 0 Å². The van der Waals surface area contributed by atoms with Crippen molar-refractivity contribution in [3.8, 4) is 6.07 Å². The van der Waals surface area contributed by atoms with E-state index in [4.69, 9.17) is 0 Å². The summed E-state index contributed by atoms with van der Waals surface area (Å²) in [6.45, 7) is 5.56. The van der Waals surface area contributed by atoms with Crippen LogP contribution < -0.4 is 5.32 Å². The molecule has 0 radical (unpaired) electrons. The summed E-state index contributed by atoms with van der Waals surface area (Å²) in [5.74, 6) is 0.383. The summed E-state index contributed by atoms with van der Waals surface area (Å²) in [6, 6.07) is 17.6. The summed E-state index contributed by atoms with van der Waals surface area (Å²) in [4.78, 5) is 19.5. The van der Waals surface area contributed by atoms with Crippen LogP contribution in [0, 0.1) is 17.2 Å². The molecule has 2 heterocycles. The first kappa shape index (κ1) is 20.3. The molecule has 1 aliphatic heterocycles. The SMILES string of the molecule is CC1CCN(Cc2ccc3nc(NC(=O)/C(C#N)=C/c4ccccc4)sc3c2)CC1. The van der Waals surface area contributed by atoms with Crippen LogP contribution in [0.1, 0.15) is 30.9 Å². The molecule has 30 heavy (non-hydrogen) atoms. The van der Waals surface area contributed by atoms with Gasteiger partial charge in [0.05, 0.1) is 10.2 Å². The Kier molecular flexibility index (Phi) is 6.22. The number of fused-ring (bicyclic) bond motifs is 1. The molecule has 0 saturated carbocycles. The minimum Gasteiger partial charge on any atom is -0.299 e. The quantitative estimate of drug-likeness (QED) is 0.465. The minimum atomic E-state index is -0.442. The van der Waals surface area contributed by atoms with Crippen LogP contribution in [0.15, 0.2) is 54.1 Å². The van der Waals surface area contributed by atoms with Crippen LogP contribution in [0.2, 0.25) is 0 Å². The molecular formula is C24H24N4OS.